The van der Waals surface area contributed by atoms with Crippen LogP contribution in [0.25, 0.3) is 11.0 Å². The summed E-state index contributed by atoms with van der Waals surface area (Å²) in [5.74, 6) is 0.104. The van der Waals surface area contributed by atoms with Crippen molar-refractivity contribution in [1.29, 1.82) is 0 Å². The van der Waals surface area contributed by atoms with Crippen LogP contribution in [0.1, 0.15) is 21.5 Å². The van der Waals surface area contributed by atoms with Gasteiger partial charge in [-0.1, -0.05) is 24.3 Å². The maximum absolute atomic E-state index is 12.4. The normalized spacial score (nSPS) is 10.7. The minimum absolute atomic E-state index is 0.104. The zero-order valence-corrected chi connectivity index (χ0v) is 11.2. The monoisotopic (exact) mass is 262 g/mol. The minimum Gasteiger partial charge on any atom is -0.294 e. The second kappa shape index (κ2) is 5.21. The van der Waals surface area contributed by atoms with Gasteiger partial charge in [0.2, 0.25) is 0 Å². The van der Waals surface area contributed by atoms with Crippen molar-refractivity contribution < 1.29 is 4.79 Å². The Labute approximate surface area is 117 Å². The molecule has 3 rings (SSSR count). The van der Waals surface area contributed by atoms with Crippen molar-refractivity contribution in [1.82, 2.24) is 9.97 Å². The van der Waals surface area contributed by atoms with Gasteiger partial charge in [0.1, 0.15) is 0 Å². The summed E-state index contributed by atoms with van der Waals surface area (Å²) in [7, 11) is 0. The van der Waals surface area contributed by atoms with Gasteiger partial charge in [0, 0.05) is 24.4 Å². The highest BCUT2D eigenvalue weighted by Crippen LogP contribution is 2.15. The molecule has 3 aromatic rings. The van der Waals surface area contributed by atoms with E-state index >= 15 is 0 Å². The van der Waals surface area contributed by atoms with Gasteiger partial charge in [-0.25, -0.2) is 0 Å². The number of aromatic nitrogens is 2. The van der Waals surface area contributed by atoms with E-state index in [1.165, 1.54) is 0 Å². The Bertz CT molecular complexity index is 781. The van der Waals surface area contributed by atoms with E-state index in [0.717, 1.165) is 22.2 Å². The number of nitrogens with zero attached hydrogens (tertiary/aromatic N) is 2. The van der Waals surface area contributed by atoms with Crippen molar-refractivity contribution in [2.45, 2.75) is 13.3 Å². The molecule has 0 saturated heterocycles. The average molecular weight is 262 g/mol. The Morgan fingerprint density at radius 1 is 1.00 bits per heavy atom. The first-order chi connectivity index (χ1) is 9.74. The molecule has 0 aliphatic rings. The quantitative estimate of drug-likeness (QED) is 0.680. The first-order valence-electron chi connectivity index (χ1n) is 6.52. The first-order valence-corrected chi connectivity index (χ1v) is 6.52. The van der Waals surface area contributed by atoms with Gasteiger partial charge in [-0.3, -0.25) is 14.8 Å². The summed E-state index contributed by atoms with van der Waals surface area (Å²) in [6.45, 7) is 2.02. The van der Waals surface area contributed by atoms with Gasteiger partial charge in [-0.2, -0.15) is 0 Å². The molecule has 0 atom stereocenters. The number of ketones is 1. The molecule has 0 aliphatic heterocycles. The van der Waals surface area contributed by atoms with Crippen LogP contribution in [0.5, 0.6) is 0 Å². The summed E-state index contributed by atoms with van der Waals surface area (Å²) in [4.78, 5) is 20.8. The number of hydrogen-bond donors (Lipinski definition) is 0. The second-order valence-corrected chi connectivity index (χ2v) is 4.79. The molecule has 0 fully saturated rings. The van der Waals surface area contributed by atoms with Gasteiger partial charge < -0.3 is 0 Å². The first kappa shape index (κ1) is 12.5. The topological polar surface area (TPSA) is 42.9 Å². The van der Waals surface area contributed by atoms with Crippen LogP contribution in [0.15, 0.2) is 54.9 Å². The standard InChI is InChI=1S/C17H14N2O/c1-12-4-2-3-5-13(12)11-17(20)14-6-7-15-16(10-14)19-9-8-18-15/h2-10H,11H2,1H3. The molecular weight excluding hydrogens is 248 g/mol. The molecule has 2 aromatic carbocycles. The molecule has 98 valence electrons. The summed E-state index contributed by atoms with van der Waals surface area (Å²) < 4.78 is 0. The van der Waals surface area contributed by atoms with Crippen LogP contribution in [0.2, 0.25) is 0 Å². The lowest BCUT2D eigenvalue weighted by molar-refractivity contribution is 0.0993. The molecule has 0 N–H and O–H groups in total. The average Bonchev–Trinajstić information content (AvgIpc) is 2.49. The predicted molar refractivity (Wildman–Crippen MR) is 78.8 cm³/mol. The number of fused-ring (bicyclic) bond motifs is 1. The second-order valence-electron chi connectivity index (χ2n) is 4.79. The van der Waals surface area contributed by atoms with E-state index in [0.29, 0.717) is 12.0 Å². The van der Waals surface area contributed by atoms with Crippen molar-refractivity contribution in [2.24, 2.45) is 0 Å². The van der Waals surface area contributed by atoms with Crippen LogP contribution in [-0.4, -0.2) is 15.8 Å². The number of rotatable bonds is 3. The maximum atomic E-state index is 12.4. The summed E-state index contributed by atoms with van der Waals surface area (Å²) in [5.41, 5.74) is 4.45. The van der Waals surface area contributed by atoms with Gasteiger partial charge in [0.05, 0.1) is 11.0 Å². The van der Waals surface area contributed by atoms with Crippen molar-refractivity contribution in [3.63, 3.8) is 0 Å². The third-order valence-corrected chi connectivity index (χ3v) is 3.40. The highest BCUT2D eigenvalue weighted by Gasteiger charge is 2.09. The Kier molecular flexibility index (Phi) is 3.25. The van der Waals surface area contributed by atoms with E-state index in [-0.39, 0.29) is 5.78 Å². The SMILES string of the molecule is Cc1ccccc1CC(=O)c1ccc2nccnc2c1. The molecule has 0 bridgehead atoms. The molecular formula is C17H14N2O. The van der Waals surface area contributed by atoms with Gasteiger partial charge in [-0.05, 0) is 36.2 Å². The van der Waals surface area contributed by atoms with Crippen LogP contribution in [0.3, 0.4) is 0 Å². The van der Waals surface area contributed by atoms with E-state index in [1.807, 2.05) is 49.4 Å². The third kappa shape index (κ3) is 2.43. The highest BCUT2D eigenvalue weighted by atomic mass is 16.1. The van der Waals surface area contributed by atoms with Gasteiger partial charge in [-0.15, -0.1) is 0 Å². The fourth-order valence-corrected chi connectivity index (χ4v) is 2.22. The number of carbonyl (C=O) groups is 1. The van der Waals surface area contributed by atoms with Crippen LogP contribution >= 0.6 is 0 Å². The molecule has 0 unspecified atom stereocenters. The van der Waals surface area contributed by atoms with Crippen molar-refractivity contribution in [3.8, 4) is 0 Å². The minimum atomic E-state index is 0.104. The lowest BCUT2D eigenvalue weighted by Gasteiger charge is -2.05. The zero-order valence-electron chi connectivity index (χ0n) is 11.2. The summed E-state index contributed by atoms with van der Waals surface area (Å²) >= 11 is 0. The summed E-state index contributed by atoms with van der Waals surface area (Å²) in [5, 5.41) is 0. The number of hydrogen-bond acceptors (Lipinski definition) is 3. The molecule has 3 heteroatoms. The number of carbonyl (C=O) groups excluding carboxylic acids is 1. The molecule has 0 saturated carbocycles. The fourth-order valence-electron chi connectivity index (χ4n) is 2.22. The smallest absolute Gasteiger partial charge is 0.167 e. The van der Waals surface area contributed by atoms with Crippen molar-refractivity contribution in [2.75, 3.05) is 0 Å². The van der Waals surface area contributed by atoms with E-state index in [1.54, 1.807) is 12.4 Å². The molecule has 0 spiro atoms. The number of aryl methyl sites for hydroxylation is 1. The van der Waals surface area contributed by atoms with E-state index < -0.39 is 0 Å². The summed E-state index contributed by atoms with van der Waals surface area (Å²) in [6.07, 6.45) is 3.70. The Hall–Kier alpha value is -2.55. The van der Waals surface area contributed by atoms with Crippen LogP contribution in [0.4, 0.5) is 0 Å². The molecule has 20 heavy (non-hydrogen) atoms. The number of benzene rings is 2. The van der Waals surface area contributed by atoms with Crippen LogP contribution in [0, 0.1) is 6.92 Å². The third-order valence-electron chi connectivity index (χ3n) is 3.40. The maximum Gasteiger partial charge on any atom is 0.167 e. The fraction of sp³-hybridized carbons (Fsp3) is 0.118. The zero-order chi connectivity index (χ0) is 13.9. The number of Topliss-reactive ketones (excluding diaryl/α,β-unsaturated/α-hetero) is 1. The van der Waals surface area contributed by atoms with Gasteiger partial charge in [0.25, 0.3) is 0 Å². The van der Waals surface area contributed by atoms with Crippen molar-refractivity contribution in [3.05, 3.63) is 71.5 Å². The lowest BCUT2D eigenvalue weighted by atomic mass is 9.99. The molecule has 1 heterocycles. The van der Waals surface area contributed by atoms with Gasteiger partial charge >= 0.3 is 0 Å². The Morgan fingerprint density at radius 2 is 1.75 bits per heavy atom. The highest BCUT2D eigenvalue weighted by molar-refractivity contribution is 6.00. The van der Waals surface area contributed by atoms with E-state index in [4.69, 9.17) is 0 Å². The van der Waals surface area contributed by atoms with Crippen LogP contribution in [-0.2, 0) is 6.42 Å². The van der Waals surface area contributed by atoms with Gasteiger partial charge in [0.15, 0.2) is 5.78 Å². The molecule has 0 radical (unpaired) electrons. The Morgan fingerprint density at radius 3 is 2.55 bits per heavy atom. The van der Waals surface area contributed by atoms with Crippen molar-refractivity contribution >= 4 is 16.8 Å². The van der Waals surface area contributed by atoms with E-state index in [9.17, 15) is 4.79 Å². The largest absolute Gasteiger partial charge is 0.294 e. The Balaban J connectivity index is 1.91. The van der Waals surface area contributed by atoms with Crippen LogP contribution < -0.4 is 0 Å². The molecule has 3 nitrogen and oxygen atoms in total. The predicted octanol–water partition coefficient (Wildman–Crippen LogP) is 3.36. The summed E-state index contributed by atoms with van der Waals surface area (Å²) in [6, 6.07) is 13.4. The molecule has 0 amide bonds. The molecule has 0 aliphatic carbocycles. The lowest BCUT2D eigenvalue weighted by Crippen LogP contribution is -2.05. The van der Waals surface area contributed by atoms with E-state index in [2.05, 4.69) is 9.97 Å². The molecule has 1 aromatic heterocycles.